The largest absolute Gasteiger partial charge is 0.485 e. The van der Waals surface area contributed by atoms with Crippen molar-refractivity contribution in [2.45, 2.75) is 24.8 Å². The standard InChI is InChI=1S/C12H16ClNO3/c1-14-8-12(11(15)6-9(14)7-13)17-10-2-4-16-5-3-10/h6,8,10H,2-5,7H2,1H3. The Balaban J connectivity index is 2.15. The first-order valence-corrected chi connectivity index (χ1v) is 6.24. The summed E-state index contributed by atoms with van der Waals surface area (Å²) in [7, 11) is 1.86. The maximum absolute atomic E-state index is 11.8. The van der Waals surface area contributed by atoms with Gasteiger partial charge in [0.25, 0.3) is 0 Å². The average Bonchev–Trinajstić information content (AvgIpc) is 2.34. The van der Waals surface area contributed by atoms with Crippen LogP contribution in [-0.4, -0.2) is 23.9 Å². The second kappa shape index (κ2) is 5.56. The summed E-state index contributed by atoms with van der Waals surface area (Å²) in [6, 6.07) is 1.53. The zero-order valence-corrected chi connectivity index (χ0v) is 10.6. The molecular formula is C12H16ClNO3. The Morgan fingerprint density at radius 1 is 1.53 bits per heavy atom. The van der Waals surface area contributed by atoms with E-state index < -0.39 is 0 Å². The van der Waals surface area contributed by atoms with E-state index in [1.807, 2.05) is 11.6 Å². The van der Waals surface area contributed by atoms with Gasteiger partial charge in [-0.05, 0) is 0 Å². The van der Waals surface area contributed by atoms with Crippen LogP contribution in [0.4, 0.5) is 0 Å². The molecule has 17 heavy (non-hydrogen) atoms. The second-order valence-electron chi connectivity index (χ2n) is 4.17. The molecule has 1 aliphatic heterocycles. The summed E-state index contributed by atoms with van der Waals surface area (Å²) in [5, 5.41) is 0. The number of hydrogen-bond acceptors (Lipinski definition) is 3. The average molecular weight is 258 g/mol. The van der Waals surface area contributed by atoms with Gasteiger partial charge >= 0.3 is 0 Å². The lowest BCUT2D eigenvalue weighted by atomic mass is 10.1. The van der Waals surface area contributed by atoms with Crippen molar-refractivity contribution in [1.29, 1.82) is 0 Å². The van der Waals surface area contributed by atoms with Gasteiger partial charge in [0.05, 0.1) is 25.3 Å². The first kappa shape index (κ1) is 12.5. The number of nitrogens with zero attached hydrogens (tertiary/aromatic N) is 1. The molecule has 0 aromatic carbocycles. The molecule has 0 N–H and O–H groups in total. The van der Waals surface area contributed by atoms with E-state index in [0.717, 1.165) is 18.5 Å². The van der Waals surface area contributed by atoms with Gasteiger partial charge in [-0.15, -0.1) is 11.6 Å². The highest BCUT2D eigenvalue weighted by atomic mass is 35.5. The van der Waals surface area contributed by atoms with Gasteiger partial charge in [0.2, 0.25) is 5.43 Å². The molecule has 1 saturated heterocycles. The molecule has 2 rings (SSSR count). The monoisotopic (exact) mass is 257 g/mol. The van der Waals surface area contributed by atoms with Crippen LogP contribution in [0.3, 0.4) is 0 Å². The molecule has 0 atom stereocenters. The van der Waals surface area contributed by atoms with Crippen LogP contribution in [0.5, 0.6) is 5.75 Å². The lowest BCUT2D eigenvalue weighted by Gasteiger charge is -2.23. The van der Waals surface area contributed by atoms with E-state index >= 15 is 0 Å². The molecule has 1 fully saturated rings. The van der Waals surface area contributed by atoms with E-state index in [0.29, 0.717) is 24.8 Å². The Morgan fingerprint density at radius 2 is 2.24 bits per heavy atom. The van der Waals surface area contributed by atoms with Crippen LogP contribution in [0.2, 0.25) is 0 Å². The van der Waals surface area contributed by atoms with Crippen LogP contribution < -0.4 is 10.2 Å². The molecule has 0 spiro atoms. The lowest BCUT2D eigenvalue weighted by molar-refractivity contribution is 0.0249. The van der Waals surface area contributed by atoms with Gasteiger partial charge in [-0.2, -0.15) is 0 Å². The fraction of sp³-hybridized carbons (Fsp3) is 0.583. The number of alkyl halides is 1. The summed E-state index contributed by atoms with van der Waals surface area (Å²) in [4.78, 5) is 11.8. The summed E-state index contributed by atoms with van der Waals surface area (Å²) in [6.07, 6.45) is 3.45. The molecule has 5 heteroatoms. The summed E-state index contributed by atoms with van der Waals surface area (Å²) in [6.45, 7) is 1.40. The minimum absolute atomic E-state index is 0.0818. The smallest absolute Gasteiger partial charge is 0.223 e. The summed E-state index contributed by atoms with van der Waals surface area (Å²) < 4.78 is 12.8. The van der Waals surface area contributed by atoms with Gasteiger partial charge < -0.3 is 14.0 Å². The Kier molecular flexibility index (Phi) is 4.07. The van der Waals surface area contributed by atoms with Gasteiger partial charge in [0, 0.05) is 31.6 Å². The van der Waals surface area contributed by atoms with Crippen LogP contribution in [0, 0.1) is 0 Å². The van der Waals surface area contributed by atoms with Gasteiger partial charge in [0.15, 0.2) is 5.75 Å². The number of hydrogen-bond donors (Lipinski definition) is 0. The van der Waals surface area contributed by atoms with Gasteiger partial charge in [0.1, 0.15) is 6.10 Å². The molecule has 0 aliphatic carbocycles. The maximum atomic E-state index is 11.8. The maximum Gasteiger partial charge on any atom is 0.223 e. The predicted molar refractivity (Wildman–Crippen MR) is 65.7 cm³/mol. The zero-order chi connectivity index (χ0) is 12.3. The van der Waals surface area contributed by atoms with Crippen molar-refractivity contribution in [3.63, 3.8) is 0 Å². The minimum Gasteiger partial charge on any atom is -0.485 e. The van der Waals surface area contributed by atoms with Crippen LogP contribution in [0.15, 0.2) is 17.1 Å². The first-order chi connectivity index (χ1) is 8.20. The molecule has 0 saturated carbocycles. The van der Waals surface area contributed by atoms with E-state index in [1.54, 1.807) is 6.20 Å². The van der Waals surface area contributed by atoms with Crippen molar-refractivity contribution in [3.05, 3.63) is 28.2 Å². The number of aromatic nitrogens is 1. The predicted octanol–water partition coefficient (Wildman–Crippen LogP) is 1.68. The number of ether oxygens (including phenoxy) is 2. The molecule has 0 bridgehead atoms. The second-order valence-corrected chi connectivity index (χ2v) is 4.43. The molecule has 1 aliphatic rings. The normalized spacial score (nSPS) is 17.1. The van der Waals surface area contributed by atoms with Crippen molar-refractivity contribution >= 4 is 11.6 Å². The molecule has 0 unspecified atom stereocenters. The highest BCUT2D eigenvalue weighted by Gasteiger charge is 2.17. The van der Waals surface area contributed by atoms with Gasteiger partial charge in [-0.25, -0.2) is 0 Å². The van der Waals surface area contributed by atoms with E-state index in [-0.39, 0.29) is 11.5 Å². The number of aryl methyl sites for hydroxylation is 1. The molecule has 1 aromatic heterocycles. The van der Waals surface area contributed by atoms with E-state index in [1.165, 1.54) is 6.07 Å². The van der Waals surface area contributed by atoms with Crippen molar-refractivity contribution < 1.29 is 9.47 Å². The van der Waals surface area contributed by atoms with Crippen LogP contribution in [0.1, 0.15) is 18.5 Å². The summed E-state index contributed by atoms with van der Waals surface area (Å²) >= 11 is 5.73. The van der Waals surface area contributed by atoms with Crippen molar-refractivity contribution in [3.8, 4) is 5.75 Å². The lowest BCUT2D eigenvalue weighted by Crippen LogP contribution is -2.28. The fourth-order valence-electron chi connectivity index (χ4n) is 1.84. The van der Waals surface area contributed by atoms with Crippen molar-refractivity contribution in [1.82, 2.24) is 4.57 Å². The van der Waals surface area contributed by atoms with Crippen LogP contribution in [-0.2, 0) is 17.7 Å². The molecule has 1 aromatic rings. The molecule has 0 amide bonds. The Labute approximate surface area is 105 Å². The topological polar surface area (TPSA) is 40.5 Å². The van der Waals surface area contributed by atoms with Crippen LogP contribution in [0.25, 0.3) is 0 Å². The molecular weight excluding hydrogens is 242 g/mol. The summed E-state index contributed by atoms with van der Waals surface area (Å²) in [5.41, 5.74) is 0.682. The highest BCUT2D eigenvalue weighted by Crippen LogP contribution is 2.15. The zero-order valence-electron chi connectivity index (χ0n) is 9.82. The molecule has 2 heterocycles. The number of halogens is 1. The number of rotatable bonds is 3. The third kappa shape index (κ3) is 3.01. The van der Waals surface area contributed by atoms with Gasteiger partial charge in [-0.1, -0.05) is 0 Å². The Hall–Kier alpha value is -1.00. The first-order valence-electron chi connectivity index (χ1n) is 5.70. The Morgan fingerprint density at radius 3 is 2.88 bits per heavy atom. The van der Waals surface area contributed by atoms with E-state index in [2.05, 4.69) is 0 Å². The van der Waals surface area contributed by atoms with Crippen LogP contribution >= 0.6 is 11.6 Å². The molecule has 0 radical (unpaired) electrons. The third-order valence-corrected chi connectivity index (χ3v) is 3.18. The van der Waals surface area contributed by atoms with Gasteiger partial charge in [-0.3, -0.25) is 4.79 Å². The summed E-state index contributed by atoms with van der Waals surface area (Å²) in [5.74, 6) is 0.719. The quantitative estimate of drug-likeness (QED) is 0.774. The molecule has 4 nitrogen and oxygen atoms in total. The Bertz CT molecular complexity index is 438. The van der Waals surface area contributed by atoms with Crippen molar-refractivity contribution in [2.75, 3.05) is 13.2 Å². The van der Waals surface area contributed by atoms with Crippen molar-refractivity contribution in [2.24, 2.45) is 7.05 Å². The SMILES string of the molecule is Cn1cc(OC2CCOCC2)c(=O)cc1CCl. The fourth-order valence-corrected chi connectivity index (χ4v) is 2.11. The third-order valence-electron chi connectivity index (χ3n) is 2.90. The molecule has 94 valence electrons. The van der Waals surface area contributed by atoms with E-state index in [4.69, 9.17) is 21.1 Å². The van der Waals surface area contributed by atoms with E-state index in [9.17, 15) is 4.79 Å². The minimum atomic E-state index is -0.106. The highest BCUT2D eigenvalue weighted by molar-refractivity contribution is 6.16. The number of pyridine rings is 1.